The second-order valence-corrected chi connectivity index (χ2v) is 5.09. The summed E-state index contributed by atoms with van der Waals surface area (Å²) in [4.78, 5) is 18.3. The minimum atomic E-state index is -0.444. The van der Waals surface area contributed by atoms with Crippen molar-refractivity contribution >= 4 is 11.7 Å². The number of rotatable bonds is 2. The average Bonchev–Trinajstić information content (AvgIpc) is 2.40. The van der Waals surface area contributed by atoms with Crippen LogP contribution in [0.1, 0.15) is 6.42 Å². The number of amides is 1. The van der Waals surface area contributed by atoms with E-state index in [-0.39, 0.29) is 11.9 Å². The second kappa shape index (κ2) is 5.14. The van der Waals surface area contributed by atoms with E-state index in [1.54, 1.807) is 12.3 Å². The van der Waals surface area contributed by atoms with E-state index in [0.29, 0.717) is 18.0 Å². The van der Waals surface area contributed by atoms with Gasteiger partial charge in [-0.15, -0.1) is 0 Å². The molecule has 2 aliphatic rings. The zero-order valence-electron chi connectivity index (χ0n) is 10.9. The number of pyridine rings is 1. The number of fused-ring (bicyclic) bond motifs is 1. The predicted molar refractivity (Wildman–Crippen MR) is 71.2 cm³/mol. The van der Waals surface area contributed by atoms with Gasteiger partial charge in [-0.1, -0.05) is 0 Å². The van der Waals surface area contributed by atoms with Gasteiger partial charge in [0.15, 0.2) is 17.7 Å². The Bertz CT molecular complexity index is 479. The number of carbonyl (C=O) groups is 1. The fraction of sp³-hybridized carbons (Fsp3) is 0.538. The fourth-order valence-electron chi connectivity index (χ4n) is 2.55. The smallest absolute Gasteiger partial charge is 0.266 e. The van der Waals surface area contributed by atoms with Gasteiger partial charge in [0, 0.05) is 38.3 Å². The molecule has 2 unspecified atom stereocenters. The van der Waals surface area contributed by atoms with Crippen LogP contribution in [0.5, 0.6) is 5.75 Å². The highest BCUT2D eigenvalue weighted by Crippen LogP contribution is 2.27. The van der Waals surface area contributed by atoms with Crippen LogP contribution in [-0.4, -0.2) is 54.6 Å². The average molecular weight is 262 g/mol. The minimum Gasteiger partial charge on any atom is -0.477 e. The normalized spacial score (nSPS) is 27.3. The summed E-state index contributed by atoms with van der Waals surface area (Å²) in [5, 5.41) is 6.22. The van der Waals surface area contributed by atoms with E-state index < -0.39 is 6.10 Å². The second-order valence-electron chi connectivity index (χ2n) is 5.09. The molecule has 1 aromatic rings. The van der Waals surface area contributed by atoms with Crippen molar-refractivity contribution in [2.75, 3.05) is 32.0 Å². The lowest BCUT2D eigenvalue weighted by atomic mass is 10.1. The van der Waals surface area contributed by atoms with E-state index in [1.807, 2.05) is 6.07 Å². The quantitative estimate of drug-likeness (QED) is 0.790. The Morgan fingerprint density at radius 3 is 3.32 bits per heavy atom. The molecule has 1 saturated heterocycles. The summed E-state index contributed by atoms with van der Waals surface area (Å²) in [7, 11) is 2.09. The highest BCUT2D eigenvalue weighted by atomic mass is 16.5. The molecular formula is C13H18N4O2. The number of hydrogen-bond donors (Lipinski definition) is 2. The first kappa shape index (κ1) is 12.4. The Morgan fingerprint density at radius 2 is 2.47 bits per heavy atom. The molecule has 19 heavy (non-hydrogen) atoms. The van der Waals surface area contributed by atoms with E-state index in [9.17, 15) is 4.79 Å². The summed E-state index contributed by atoms with van der Waals surface area (Å²) in [6.45, 7) is 2.93. The number of hydrogen-bond acceptors (Lipinski definition) is 5. The molecule has 0 aromatic carbocycles. The number of nitrogens with zero attached hydrogens (tertiary/aromatic N) is 2. The molecule has 2 aliphatic heterocycles. The molecule has 0 radical (unpaired) electrons. The van der Waals surface area contributed by atoms with Crippen molar-refractivity contribution in [3.63, 3.8) is 0 Å². The van der Waals surface area contributed by atoms with Crippen LogP contribution in [0.4, 0.5) is 5.82 Å². The van der Waals surface area contributed by atoms with Gasteiger partial charge in [-0.25, -0.2) is 4.98 Å². The number of aromatic nitrogens is 1. The zero-order valence-corrected chi connectivity index (χ0v) is 10.9. The third-order valence-corrected chi connectivity index (χ3v) is 3.53. The van der Waals surface area contributed by atoms with Gasteiger partial charge in [-0.2, -0.15) is 0 Å². The lowest BCUT2D eigenvalue weighted by molar-refractivity contribution is -0.124. The van der Waals surface area contributed by atoms with Crippen molar-refractivity contribution in [2.24, 2.45) is 0 Å². The maximum Gasteiger partial charge on any atom is 0.266 e. The number of nitrogens with one attached hydrogen (secondary N) is 2. The van der Waals surface area contributed by atoms with E-state index in [4.69, 9.17) is 4.74 Å². The Labute approximate surface area is 112 Å². The fourth-order valence-corrected chi connectivity index (χ4v) is 2.55. The molecule has 0 spiro atoms. The van der Waals surface area contributed by atoms with Crippen LogP contribution >= 0.6 is 0 Å². The van der Waals surface area contributed by atoms with E-state index in [1.165, 1.54) is 0 Å². The van der Waals surface area contributed by atoms with Gasteiger partial charge in [-0.3, -0.25) is 4.79 Å². The van der Waals surface area contributed by atoms with E-state index in [2.05, 4.69) is 27.6 Å². The van der Waals surface area contributed by atoms with Gasteiger partial charge in [0.05, 0.1) is 0 Å². The third kappa shape index (κ3) is 2.69. The molecule has 0 saturated carbocycles. The highest BCUT2D eigenvalue weighted by Gasteiger charge is 2.31. The van der Waals surface area contributed by atoms with Crippen LogP contribution in [0.15, 0.2) is 18.3 Å². The lowest BCUT2D eigenvalue weighted by Gasteiger charge is -2.34. The monoisotopic (exact) mass is 262 g/mol. The van der Waals surface area contributed by atoms with Gasteiger partial charge in [0.25, 0.3) is 5.91 Å². The Morgan fingerprint density at radius 1 is 1.58 bits per heavy atom. The summed E-state index contributed by atoms with van der Waals surface area (Å²) in [6.07, 6.45) is 1.87. The first-order valence-electron chi connectivity index (χ1n) is 6.57. The summed E-state index contributed by atoms with van der Waals surface area (Å²) >= 11 is 0. The summed E-state index contributed by atoms with van der Waals surface area (Å²) < 4.78 is 5.75. The number of anilines is 1. The van der Waals surface area contributed by atoms with Crippen molar-refractivity contribution in [3.8, 4) is 5.75 Å². The van der Waals surface area contributed by atoms with Crippen LogP contribution in [0, 0.1) is 0 Å². The molecule has 3 rings (SSSR count). The zero-order chi connectivity index (χ0) is 13.2. The van der Waals surface area contributed by atoms with Gasteiger partial charge >= 0.3 is 0 Å². The van der Waals surface area contributed by atoms with Crippen LogP contribution < -0.4 is 15.4 Å². The van der Waals surface area contributed by atoms with Crippen LogP contribution in [0.25, 0.3) is 0 Å². The van der Waals surface area contributed by atoms with Crippen LogP contribution in [0.2, 0.25) is 0 Å². The molecule has 0 aliphatic carbocycles. The Hall–Kier alpha value is -1.66. The van der Waals surface area contributed by atoms with Gasteiger partial charge in [0.1, 0.15) is 0 Å². The SMILES string of the molecule is CN1CCNC(CC2Oc3cccnc3NC2=O)C1. The molecule has 0 bridgehead atoms. The summed E-state index contributed by atoms with van der Waals surface area (Å²) in [5.74, 6) is 1.05. The molecule has 1 amide bonds. The lowest BCUT2D eigenvalue weighted by Crippen LogP contribution is -2.52. The van der Waals surface area contributed by atoms with Crippen LogP contribution in [0.3, 0.4) is 0 Å². The molecule has 2 atom stereocenters. The summed E-state index contributed by atoms with van der Waals surface area (Å²) in [5.41, 5.74) is 0. The molecular weight excluding hydrogens is 244 g/mol. The highest BCUT2D eigenvalue weighted by molar-refractivity contribution is 5.96. The maximum absolute atomic E-state index is 12.0. The number of piperazine rings is 1. The largest absolute Gasteiger partial charge is 0.477 e. The van der Waals surface area contributed by atoms with E-state index >= 15 is 0 Å². The van der Waals surface area contributed by atoms with Gasteiger partial charge < -0.3 is 20.3 Å². The molecule has 3 heterocycles. The first-order chi connectivity index (χ1) is 9.22. The molecule has 2 N–H and O–H groups in total. The van der Waals surface area contributed by atoms with Crippen molar-refractivity contribution in [1.29, 1.82) is 0 Å². The van der Waals surface area contributed by atoms with E-state index in [0.717, 1.165) is 19.6 Å². The predicted octanol–water partition coefficient (Wildman–Crippen LogP) is 0.0748. The molecule has 1 aromatic heterocycles. The third-order valence-electron chi connectivity index (χ3n) is 3.53. The molecule has 6 nitrogen and oxygen atoms in total. The van der Waals surface area contributed by atoms with Crippen molar-refractivity contribution < 1.29 is 9.53 Å². The van der Waals surface area contributed by atoms with Crippen molar-refractivity contribution in [2.45, 2.75) is 18.6 Å². The molecule has 1 fully saturated rings. The Balaban J connectivity index is 1.67. The molecule has 6 heteroatoms. The number of carbonyl (C=O) groups excluding carboxylic acids is 1. The summed E-state index contributed by atoms with van der Waals surface area (Å²) in [6, 6.07) is 3.92. The van der Waals surface area contributed by atoms with Crippen LogP contribution in [-0.2, 0) is 4.79 Å². The topological polar surface area (TPSA) is 66.5 Å². The minimum absolute atomic E-state index is 0.110. The number of ether oxygens (including phenoxy) is 1. The molecule has 102 valence electrons. The maximum atomic E-state index is 12.0. The first-order valence-corrected chi connectivity index (χ1v) is 6.57. The number of likely N-dealkylation sites (N-methyl/N-ethyl adjacent to an activating group) is 1. The van der Waals surface area contributed by atoms with Gasteiger partial charge in [-0.05, 0) is 19.2 Å². The van der Waals surface area contributed by atoms with Crippen molar-refractivity contribution in [3.05, 3.63) is 18.3 Å². The Kier molecular flexibility index (Phi) is 3.35. The van der Waals surface area contributed by atoms with Gasteiger partial charge in [0.2, 0.25) is 0 Å². The van der Waals surface area contributed by atoms with Crippen molar-refractivity contribution in [1.82, 2.24) is 15.2 Å². The standard InChI is InChI=1S/C13H18N4O2/c1-17-6-5-14-9(8-17)7-11-13(18)16-12-10(19-11)3-2-4-15-12/h2-4,9,11,14H,5-8H2,1H3,(H,15,16,18).